The number of non-ortho nitro benzene ring substituents is 1. The minimum atomic E-state index is -0.444. The number of nitrogens with zero attached hydrogens (tertiary/aromatic N) is 1. The van der Waals surface area contributed by atoms with Crippen LogP contribution in [0, 0.1) is 10.1 Å². The zero-order chi connectivity index (χ0) is 15.2. The van der Waals surface area contributed by atoms with Gasteiger partial charge in [-0.1, -0.05) is 42.8 Å². The third-order valence-electron chi connectivity index (χ3n) is 3.38. The number of hydrogen-bond acceptors (Lipinski definition) is 3. The quantitative estimate of drug-likeness (QED) is 0.645. The molecule has 0 radical (unpaired) electrons. The first-order chi connectivity index (χ1) is 10.1. The molecule has 0 saturated carbocycles. The van der Waals surface area contributed by atoms with Crippen molar-refractivity contribution in [3.05, 3.63) is 74.3 Å². The topological polar surface area (TPSA) is 55.2 Å². The molecule has 0 unspecified atom stereocenters. The lowest BCUT2D eigenvalue weighted by molar-refractivity contribution is -0.384. The van der Waals surface area contributed by atoms with Crippen molar-refractivity contribution in [2.24, 2.45) is 0 Å². The highest BCUT2D eigenvalue weighted by molar-refractivity contribution is 6.31. The number of aryl methyl sites for hydroxylation is 1. The second-order valence-corrected chi connectivity index (χ2v) is 5.17. The maximum Gasteiger partial charge on any atom is 0.270 e. The van der Waals surface area contributed by atoms with Crippen molar-refractivity contribution in [2.45, 2.75) is 26.4 Å². The number of hydrogen-bond donors (Lipinski definition) is 1. The van der Waals surface area contributed by atoms with Crippen molar-refractivity contribution >= 4 is 17.3 Å². The minimum absolute atomic E-state index is 0.0140. The molecule has 5 heteroatoms. The smallest absolute Gasteiger partial charge is 0.270 e. The fraction of sp³-hybridized carbons (Fsp3) is 0.250. The Balaban J connectivity index is 1.99. The van der Waals surface area contributed by atoms with Crippen LogP contribution in [-0.2, 0) is 19.5 Å². The number of halogens is 1. The van der Waals surface area contributed by atoms with Crippen molar-refractivity contribution in [2.75, 3.05) is 0 Å². The Hall–Kier alpha value is -1.91. The average Bonchev–Trinajstić information content (AvgIpc) is 2.49. The molecular formula is C16H17ClN2O2. The van der Waals surface area contributed by atoms with E-state index in [-0.39, 0.29) is 5.69 Å². The van der Waals surface area contributed by atoms with Gasteiger partial charge in [0.25, 0.3) is 5.69 Å². The van der Waals surface area contributed by atoms with Gasteiger partial charge in [-0.2, -0.15) is 0 Å². The Morgan fingerprint density at radius 1 is 1.10 bits per heavy atom. The van der Waals surface area contributed by atoms with Gasteiger partial charge in [0.05, 0.1) is 9.95 Å². The molecule has 0 aliphatic heterocycles. The second kappa shape index (κ2) is 7.20. The first-order valence-corrected chi connectivity index (χ1v) is 7.20. The molecule has 21 heavy (non-hydrogen) atoms. The van der Waals surface area contributed by atoms with Crippen LogP contribution in [0.15, 0.2) is 42.5 Å². The molecule has 0 heterocycles. The number of nitro groups is 1. The van der Waals surface area contributed by atoms with Gasteiger partial charge in [-0.25, -0.2) is 0 Å². The molecule has 0 atom stereocenters. The summed E-state index contributed by atoms with van der Waals surface area (Å²) < 4.78 is 0. The SMILES string of the molecule is CCc1ccccc1CNCc1ccc([N+](=O)[O-])cc1Cl. The fourth-order valence-electron chi connectivity index (χ4n) is 2.20. The maximum atomic E-state index is 10.7. The van der Waals surface area contributed by atoms with Gasteiger partial charge in [-0.15, -0.1) is 0 Å². The summed E-state index contributed by atoms with van der Waals surface area (Å²) in [5.41, 5.74) is 3.45. The normalized spacial score (nSPS) is 10.6. The summed E-state index contributed by atoms with van der Waals surface area (Å²) in [5, 5.41) is 14.4. The van der Waals surface area contributed by atoms with Crippen LogP contribution in [0.5, 0.6) is 0 Å². The van der Waals surface area contributed by atoms with Crippen molar-refractivity contribution in [3.8, 4) is 0 Å². The molecule has 0 fully saturated rings. The van der Waals surface area contributed by atoms with Crippen molar-refractivity contribution < 1.29 is 4.92 Å². The lowest BCUT2D eigenvalue weighted by atomic mass is 10.1. The summed E-state index contributed by atoms with van der Waals surface area (Å²) in [6.45, 7) is 3.46. The van der Waals surface area contributed by atoms with E-state index in [4.69, 9.17) is 11.6 Å². The zero-order valence-corrected chi connectivity index (χ0v) is 12.6. The van der Waals surface area contributed by atoms with E-state index in [2.05, 4.69) is 24.4 Å². The summed E-state index contributed by atoms with van der Waals surface area (Å²) in [6, 6.07) is 12.8. The molecule has 110 valence electrons. The third kappa shape index (κ3) is 4.03. The van der Waals surface area contributed by atoms with Gasteiger partial charge >= 0.3 is 0 Å². The molecule has 0 bridgehead atoms. The van der Waals surface area contributed by atoms with Crippen molar-refractivity contribution in [1.29, 1.82) is 0 Å². The van der Waals surface area contributed by atoms with E-state index < -0.39 is 4.92 Å². The van der Waals surface area contributed by atoms with Crippen molar-refractivity contribution in [1.82, 2.24) is 5.32 Å². The Labute approximate surface area is 128 Å². The summed E-state index contributed by atoms with van der Waals surface area (Å²) in [6.07, 6.45) is 0.996. The molecule has 0 spiro atoms. The monoisotopic (exact) mass is 304 g/mol. The number of rotatable bonds is 6. The predicted molar refractivity (Wildman–Crippen MR) is 84.5 cm³/mol. The zero-order valence-electron chi connectivity index (χ0n) is 11.8. The highest BCUT2D eigenvalue weighted by Crippen LogP contribution is 2.22. The van der Waals surface area contributed by atoms with E-state index in [0.717, 1.165) is 18.5 Å². The minimum Gasteiger partial charge on any atom is -0.309 e. The molecule has 0 saturated heterocycles. The summed E-state index contributed by atoms with van der Waals surface area (Å²) in [5.74, 6) is 0. The van der Waals surface area contributed by atoms with E-state index >= 15 is 0 Å². The van der Waals surface area contributed by atoms with Gasteiger partial charge in [-0.05, 0) is 29.2 Å². The Morgan fingerprint density at radius 3 is 2.38 bits per heavy atom. The largest absolute Gasteiger partial charge is 0.309 e. The molecule has 0 aromatic heterocycles. The maximum absolute atomic E-state index is 10.7. The van der Waals surface area contributed by atoms with E-state index in [1.807, 2.05) is 12.1 Å². The highest BCUT2D eigenvalue weighted by atomic mass is 35.5. The number of benzene rings is 2. The predicted octanol–water partition coefficient (Wildman–Crippen LogP) is 4.10. The molecular weight excluding hydrogens is 288 g/mol. The number of nitro benzene ring substituents is 1. The van der Waals surface area contributed by atoms with Gasteiger partial charge < -0.3 is 5.32 Å². The van der Waals surface area contributed by atoms with E-state index in [1.54, 1.807) is 6.07 Å². The molecule has 2 aromatic carbocycles. The van der Waals surface area contributed by atoms with E-state index in [1.165, 1.54) is 23.3 Å². The lowest BCUT2D eigenvalue weighted by Crippen LogP contribution is -2.14. The van der Waals surface area contributed by atoms with Gasteiger partial charge in [0.1, 0.15) is 0 Å². The van der Waals surface area contributed by atoms with Gasteiger partial charge in [0.2, 0.25) is 0 Å². The average molecular weight is 305 g/mol. The fourth-order valence-corrected chi connectivity index (χ4v) is 2.44. The first-order valence-electron chi connectivity index (χ1n) is 6.82. The third-order valence-corrected chi connectivity index (χ3v) is 3.73. The Kier molecular flexibility index (Phi) is 5.31. The van der Waals surface area contributed by atoms with Crippen LogP contribution in [0.4, 0.5) is 5.69 Å². The highest BCUT2D eigenvalue weighted by Gasteiger charge is 2.09. The summed E-state index contributed by atoms with van der Waals surface area (Å²) >= 11 is 6.07. The van der Waals surface area contributed by atoms with Gasteiger partial charge in [-0.3, -0.25) is 10.1 Å². The van der Waals surface area contributed by atoms with Crippen LogP contribution in [-0.4, -0.2) is 4.92 Å². The number of nitrogens with one attached hydrogen (secondary N) is 1. The molecule has 2 aromatic rings. The molecule has 2 rings (SSSR count). The van der Waals surface area contributed by atoms with Crippen LogP contribution in [0.25, 0.3) is 0 Å². The second-order valence-electron chi connectivity index (χ2n) is 4.76. The first kappa shape index (κ1) is 15.5. The molecule has 1 N–H and O–H groups in total. The summed E-state index contributed by atoms with van der Waals surface area (Å²) in [4.78, 5) is 10.2. The van der Waals surface area contributed by atoms with Gasteiger partial charge in [0.15, 0.2) is 0 Å². The van der Waals surface area contributed by atoms with Gasteiger partial charge in [0, 0.05) is 25.2 Å². The molecule has 0 aliphatic carbocycles. The van der Waals surface area contributed by atoms with Crippen molar-refractivity contribution in [3.63, 3.8) is 0 Å². The summed E-state index contributed by atoms with van der Waals surface area (Å²) in [7, 11) is 0. The lowest BCUT2D eigenvalue weighted by Gasteiger charge is -2.10. The van der Waals surface area contributed by atoms with Crippen LogP contribution in [0.1, 0.15) is 23.6 Å². The Bertz CT molecular complexity index is 644. The van der Waals surface area contributed by atoms with E-state index in [9.17, 15) is 10.1 Å². The standard InChI is InChI=1S/C16H17ClN2O2/c1-2-12-5-3-4-6-13(12)10-18-11-14-7-8-15(19(20)21)9-16(14)17/h3-9,18H,2,10-11H2,1H3. The van der Waals surface area contributed by atoms with Crippen LogP contribution < -0.4 is 5.32 Å². The van der Waals surface area contributed by atoms with Crippen LogP contribution in [0.2, 0.25) is 5.02 Å². The molecule has 0 amide bonds. The van der Waals surface area contributed by atoms with Crippen LogP contribution in [0.3, 0.4) is 0 Å². The Morgan fingerprint density at radius 2 is 1.76 bits per heavy atom. The molecule has 4 nitrogen and oxygen atoms in total. The van der Waals surface area contributed by atoms with E-state index in [0.29, 0.717) is 11.6 Å². The van der Waals surface area contributed by atoms with Crippen LogP contribution >= 0.6 is 11.6 Å². The molecule has 0 aliphatic rings.